The second kappa shape index (κ2) is 14.9. The monoisotopic (exact) mass is 516 g/mol. The number of ether oxygens (including phenoxy) is 2. The van der Waals surface area contributed by atoms with Gasteiger partial charge in [-0.3, -0.25) is 4.99 Å². The first-order valence-corrected chi connectivity index (χ1v) is 9.83. The number of methoxy groups -OCH3 is 1. The molecule has 1 heterocycles. The summed E-state index contributed by atoms with van der Waals surface area (Å²) < 4.78 is 13.0. The molecule has 2 aromatic rings. The van der Waals surface area contributed by atoms with E-state index >= 15 is 0 Å². The smallest absolute Gasteiger partial charge is 0.190 e. The van der Waals surface area contributed by atoms with Crippen LogP contribution in [0.3, 0.4) is 0 Å². The molecule has 0 spiro atoms. The van der Waals surface area contributed by atoms with E-state index in [1.165, 1.54) is 5.56 Å². The maximum atomic E-state index is 5.64. The average molecular weight is 516 g/mol. The van der Waals surface area contributed by atoms with Crippen LogP contribution in [-0.2, 0) is 13.0 Å². The number of hydrogen-bond donors (Lipinski definition) is 2. The number of nitrogens with one attached hydrogen (secondary N) is 2. The van der Waals surface area contributed by atoms with E-state index < -0.39 is 0 Å². The summed E-state index contributed by atoms with van der Waals surface area (Å²) in [5.41, 5.74) is 1.24. The first-order valence-electron chi connectivity index (χ1n) is 9.83. The predicted molar refractivity (Wildman–Crippen MR) is 127 cm³/mol. The Bertz CT molecular complexity index is 709. The molecule has 0 radical (unpaired) electrons. The quantitative estimate of drug-likeness (QED) is 0.195. The fraction of sp³-hybridized carbons (Fsp3) is 0.550. The van der Waals surface area contributed by atoms with E-state index in [1.54, 1.807) is 26.8 Å². The van der Waals surface area contributed by atoms with Gasteiger partial charge < -0.3 is 24.7 Å². The summed E-state index contributed by atoms with van der Waals surface area (Å²) in [5, 5.41) is 14.3. The summed E-state index contributed by atoms with van der Waals surface area (Å²) in [4.78, 5) is 4.27. The van der Waals surface area contributed by atoms with Crippen molar-refractivity contribution in [1.29, 1.82) is 0 Å². The molecule has 2 N–H and O–H groups in total. The molecule has 1 aromatic carbocycles. The lowest BCUT2D eigenvalue weighted by Gasteiger charge is -2.13. The molecule has 0 aliphatic rings. The van der Waals surface area contributed by atoms with Gasteiger partial charge in [0.15, 0.2) is 17.5 Å². The summed E-state index contributed by atoms with van der Waals surface area (Å²) in [5.74, 6) is 2.42. The zero-order valence-electron chi connectivity index (χ0n) is 17.6. The first-order chi connectivity index (χ1) is 13.8. The normalized spacial score (nSPS) is 10.9. The molecule has 0 atom stereocenters. The van der Waals surface area contributed by atoms with Crippen molar-refractivity contribution in [2.24, 2.45) is 4.99 Å². The van der Waals surface area contributed by atoms with E-state index in [2.05, 4.69) is 38.0 Å². The highest BCUT2D eigenvalue weighted by Crippen LogP contribution is 2.28. The standard InChI is InChI=1S/C20H32N6O2.HI/c1-4-28-19-14-17(9-10-18(19)27-3)8-7-12-23-20(21-2)22-11-5-6-13-26-15-24-25-16-26;/h9-10,14-16H,4-8,11-13H2,1-3H3,(H2,21,22,23);1H. The van der Waals surface area contributed by atoms with Crippen molar-refractivity contribution in [3.8, 4) is 11.5 Å². The molecule has 0 saturated heterocycles. The highest BCUT2D eigenvalue weighted by Gasteiger charge is 2.05. The molecule has 9 heteroatoms. The molecule has 8 nitrogen and oxygen atoms in total. The second-order valence-electron chi connectivity index (χ2n) is 6.35. The van der Waals surface area contributed by atoms with E-state index in [4.69, 9.17) is 9.47 Å². The molecule has 0 saturated carbocycles. The van der Waals surface area contributed by atoms with Crippen LogP contribution in [0.2, 0.25) is 0 Å². The Balaban J connectivity index is 0.00000420. The Morgan fingerprint density at radius 1 is 1.07 bits per heavy atom. The Morgan fingerprint density at radius 3 is 2.45 bits per heavy atom. The second-order valence-corrected chi connectivity index (χ2v) is 6.35. The average Bonchev–Trinajstić information content (AvgIpc) is 3.23. The molecule has 1 aromatic heterocycles. The van der Waals surface area contributed by atoms with Crippen molar-refractivity contribution in [3.05, 3.63) is 36.4 Å². The lowest BCUT2D eigenvalue weighted by atomic mass is 10.1. The number of hydrogen-bond acceptors (Lipinski definition) is 5. The first kappa shape index (κ1) is 25.0. The summed E-state index contributed by atoms with van der Waals surface area (Å²) in [6.07, 6.45) is 7.59. The zero-order chi connectivity index (χ0) is 20.0. The van der Waals surface area contributed by atoms with E-state index in [1.807, 2.05) is 17.6 Å². The Labute approximate surface area is 190 Å². The van der Waals surface area contributed by atoms with Crippen LogP contribution in [0, 0.1) is 0 Å². The predicted octanol–water partition coefficient (Wildman–Crippen LogP) is 2.88. The van der Waals surface area contributed by atoms with E-state index in [9.17, 15) is 0 Å². The third kappa shape index (κ3) is 9.33. The van der Waals surface area contributed by atoms with Crippen LogP contribution in [0.4, 0.5) is 0 Å². The van der Waals surface area contributed by atoms with Crippen LogP contribution in [0.15, 0.2) is 35.8 Å². The molecule has 29 heavy (non-hydrogen) atoms. The Morgan fingerprint density at radius 2 is 1.79 bits per heavy atom. The molecular formula is C20H33IN6O2. The number of rotatable bonds is 12. The van der Waals surface area contributed by atoms with Crippen molar-refractivity contribution >= 4 is 29.9 Å². The number of benzene rings is 1. The van der Waals surface area contributed by atoms with Gasteiger partial charge in [0, 0.05) is 26.7 Å². The van der Waals surface area contributed by atoms with Crippen LogP contribution in [0.5, 0.6) is 11.5 Å². The van der Waals surface area contributed by atoms with Crippen LogP contribution < -0.4 is 20.1 Å². The molecular weight excluding hydrogens is 483 g/mol. The van der Waals surface area contributed by atoms with Crippen LogP contribution >= 0.6 is 24.0 Å². The van der Waals surface area contributed by atoms with Crippen molar-refractivity contribution in [2.75, 3.05) is 33.9 Å². The number of halogens is 1. The van der Waals surface area contributed by atoms with Gasteiger partial charge in [0.25, 0.3) is 0 Å². The van der Waals surface area contributed by atoms with Crippen molar-refractivity contribution in [3.63, 3.8) is 0 Å². The van der Waals surface area contributed by atoms with Crippen LogP contribution in [0.25, 0.3) is 0 Å². The van der Waals surface area contributed by atoms with E-state index in [-0.39, 0.29) is 24.0 Å². The van der Waals surface area contributed by atoms with Crippen LogP contribution in [0.1, 0.15) is 31.7 Å². The summed E-state index contributed by atoms with van der Waals surface area (Å²) in [6.45, 7) is 5.28. The van der Waals surface area contributed by atoms with Gasteiger partial charge in [0.2, 0.25) is 0 Å². The van der Waals surface area contributed by atoms with Crippen LogP contribution in [-0.4, -0.2) is 54.6 Å². The SMILES string of the molecule is CCOc1cc(CCCNC(=NC)NCCCCn2cnnc2)ccc1OC.I. The maximum Gasteiger partial charge on any atom is 0.190 e. The molecule has 0 amide bonds. The molecule has 0 aliphatic carbocycles. The summed E-state index contributed by atoms with van der Waals surface area (Å²) in [7, 11) is 3.46. The summed E-state index contributed by atoms with van der Waals surface area (Å²) >= 11 is 0. The fourth-order valence-electron chi connectivity index (χ4n) is 2.83. The van der Waals surface area contributed by atoms with Crippen molar-refractivity contribution in [2.45, 2.75) is 39.2 Å². The third-order valence-electron chi connectivity index (χ3n) is 4.29. The lowest BCUT2D eigenvalue weighted by molar-refractivity contribution is 0.310. The largest absolute Gasteiger partial charge is 0.493 e. The lowest BCUT2D eigenvalue weighted by Crippen LogP contribution is -2.38. The van der Waals surface area contributed by atoms with Gasteiger partial charge in [-0.1, -0.05) is 6.07 Å². The number of aliphatic imine (C=N–C) groups is 1. The van der Waals surface area contributed by atoms with E-state index in [0.717, 1.165) is 62.8 Å². The molecule has 0 aliphatic heterocycles. The number of aromatic nitrogens is 3. The maximum absolute atomic E-state index is 5.64. The zero-order valence-corrected chi connectivity index (χ0v) is 19.9. The molecule has 162 valence electrons. The third-order valence-corrected chi connectivity index (χ3v) is 4.29. The minimum absolute atomic E-state index is 0. The Kier molecular flexibility index (Phi) is 12.8. The van der Waals surface area contributed by atoms with Crippen molar-refractivity contribution in [1.82, 2.24) is 25.4 Å². The number of aryl methyl sites for hydroxylation is 2. The number of guanidine groups is 1. The van der Waals surface area contributed by atoms with Gasteiger partial charge in [-0.25, -0.2) is 0 Å². The Hall–Kier alpha value is -2.04. The number of nitrogens with zero attached hydrogens (tertiary/aromatic N) is 4. The van der Waals surface area contributed by atoms with Crippen molar-refractivity contribution < 1.29 is 9.47 Å². The molecule has 2 rings (SSSR count). The summed E-state index contributed by atoms with van der Waals surface area (Å²) in [6, 6.07) is 6.11. The van der Waals surface area contributed by atoms with E-state index in [0.29, 0.717) is 6.61 Å². The topological polar surface area (TPSA) is 85.6 Å². The molecule has 0 fully saturated rings. The fourth-order valence-corrected chi connectivity index (χ4v) is 2.83. The minimum Gasteiger partial charge on any atom is -0.493 e. The van der Waals surface area contributed by atoms with Gasteiger partial charge in [-0.2, -0.15) is 0 Å². The minimum atomic E-state index is 0. The van der Waals surface area contributed by atoms with Gasteiger partial charge >= 0.3 is 0 Å². The highest BCUT2D eigenvalue weighted by molar-refractivity contribution is 14.0. The molecule has 0 bridgehead atoms. The number of unbranched alkanes of at least 4 members (excludes halogenated alkanes) is 1. The van der Waals surface area contributed by atoms with Gasteiger partial charge in [0.05, 0.1) is 13.7 Å². The molecule has 0 unspecified atom stereocenters. The van der Waals surface area contributed by atoms with Gasteiger partial charge in [0.1, 0.15) is 12.7 Å². The highest BCUT2D eigenvalue weighted by atomic mass is 127. The van der Waals surface area contributed by atoms with Gasteiger partial charge in [-0.15, -0.1) is 34.2 Å². The van der Waals surface area contributed by atoms with Gasteiger partial charge in [-0.05, 0) is 50.3 Å².